The Balaban J connectivity index is 2.81. The number of ether oxygens (including phenoxy) is 1. The van der Waals surface area contributed by atoms with Crippen LogP contribution in [0.25, 0.3) is 0 Å². The van der Waals surface area contributed by atoms with Crippen LogP contribution in [-0.4, -0.2) is 27.9 Å². The second kappa shape index (κ2) is 8.94. The fourth-order valence-corrected chi connectivity index (χ4v) is 2.85. The summed E-state index contributed by atoms with van der Waals surface area (Å²) < 4.78 is 33.2. The van der Waals surface area contributed by atoms with Gasteiger partial charge in [-0.3, -0.25) is 9.52 Å². The molecule has 140 valence electrons. The molecule has 0 fully saturated rings. The average Bonchev–Trinajstić information content (AvgIpc) is 2.44. The number of rotatable bonds is 6. The summed E-state index contributed by atoms with van der Waals surface area (Å²) in [7, 11) is -2.06. The average molecular weight is 372 g/mol. The normalized spacial score (nSPS) is 13.9. The SMILES string of the molecule is CC(C)CC(NC(=O)OC(C)(C)C)C(=O)NS(=O)c1ccccc1F. The van der Waals surface area contributed by atoms with Crippen molar-refractivity contribution in [1.29, 1.82) is 0 Å². The molecule has 0 bridgehead atoms. The second-order valence-corrected chi connectivity index (χ2v) is 8.18. The van der Waals surface area contributed by atoms with Crippen molar-refractivity contribution in [3.05, 3.63) is 30.1 Å². The summed E-state index contributed by atoms with van der Waals surface area (Å²) in [4.78, 5) is 24.2. The van der Waals surface area contributed by atoms with Gasteiger partial charge < -0.3 is 10.1 Å². The van der Waals surface area contributed by atoms with Gasteiger partial charge in [-0.25, -0.2) is 13.4 Å². The molecule has 25 heavy (non-hydrogen) atoms. The molecule has 8 heteroatoms. The van der Waals surface area contributed by atoms with E-state index in [2.05, 4.69) is 10.0 Å². The molecule has 0 radical (unpaired) electrons. The van der Waals surface area contributed by atoms with Crippen molar-refractivity contribution in [3.8, 4) is 0 Å². The van der Waals surface area contributed by atoms with Crippen molar-refractivity contribution >= 4 is 23.0 Å². The first kappa shape index (κ1) is 21.1. The van der Waals surface area contributed by atoms with Crippen molar-refractivity contribution in [2.24, 2.45) is 5.92 Å². The minimum Gasteiger partial charge on any atom is -0.444 e. The van der Waals surface area contributed by atoms with Crippen LogP contribution in [0.15, 0.2) is 29.2 Å². The zero-order chi connectivity index (χ0) is 19.2. The van der Waals surface area contributed by atoms with Crippen LogP contribution in [0.1, 0.15) is 41.0 Å². The molecule has 1 aromatic rings. The summed E-state index contributed by atoms with van der Waals surface area (Å²) in [6, 6.07) is 4.52. The van der Waals surface area contributed by atoms with Crippen LogP contribution in [0.2, 0.25) is 0 Å². The Labute approximate surface area is 150 Å². The fourth-order valence-electron chi connectivity index (χ4n) is 1.97. The number of benzene rings is 1. The van der Waals surface area contributed by atoms with Gasteiger partial charge in [-0.1, -0.05) is 26.0 Å². The van der Waals surface area contributed by atoms with E-state index in [-0.39, 0.29) is 10.8 Å². The van der Waals surface area contributed by atoms with Crippen molar-refractivity contribution in [2.45, 2.75) is 57.6 Å². The highest BCUT2D eigenvalue weighted by Gasteiger charge is 2.26. The molecule has 0 aliphatic carbocycles. The molecule has 2 atom stereocenters. The molecule has 2 unspecified atom stereocenters. The molecule has 0 heterocycles. The van der Waals surface area contributed by atoms with Gasteiger partial charge >= 0.3 is 6.09 Å². The highest BCUT2D eigenvalue weighted by atomic mass is 32.2. The monoisotopic (exact) mass is 372 g/mol. The zero-order valence-electron chi connectivity index (χ0n) is 15.1. The third kappa shape index (κ3) is 7.64. The van der Waals surface area contributed by atoms with E-state index in [1.807, 2.05) is 13.8 Å². The lowest BCUT2D eigenvalue weighted by Crippen LogP contribution is -2.49. The first-order valence-electron chi connectivity index (χ1n) is 7.96. The summed E-state index contributed by atoms with van der Waals surface area (Å²) >= 11 is 0. The lowest BCUT2D eigenvalue weighted by molar-refractivity contribution is -0.121. The summed E-state index contributed by atoms with van der Waals surface area (Å²) in [6.45, 7) is 8.88. The number of nitrogens with one attached hydrogen (secondary N) is 2. The molecule has 0 aromatic heterocycles. The van der Waals surface area contributed by atoms with Crippen molar-refractivity contribution in [3.63, 3.8) is 0 Å². The predicted octanol–water partition coefficient (Wildman–Crippen LogP) is 2.90. The van der Waals surface area contributed by atoms with E-state index >= 15 is 0 Å². The first-order valence-corrected chi connectivity index (χ1v) is 9.11. The van der Waals surface area contributed by atoms with Crippen LogP contribution in [0, 0.1) is 11.7 Å². The molecular formula is C17H25FN2O4S. The maximum absolute atomic E-state index is 13.7. The number of carbonyl (C=O) groups is 2. The van der Waals surface area contributed by atoms with Crippen molar-refractivity contribution in [1.82, 2.24) is 10.0 Å². The van der Waals surface area contributed by atoms with E-state index < -0.39 is 40.4 Å². The van der Waals surface area contributed by atoms with Crippen molar-refractivity contribution < 1.29 is 22.9 Å². The Morgan fingerprint density at radius 1 is 1.24 bits per heavy atom. The molecule has 6 nitrogen and oxygen atoms in total. The number of hydrogen-bond donors (Lipinski definition) is 2. The van der Waals surface area contributed by atoms with Gasteiger partial charge in [-0.2, -0.15) is 0 Å². The number of halogens is 1. The van der Waals surface area contributed by atoms with Gasteiger partial charge in [0.05, 0.1) is 4.90 Å². The van der Waals surface area contributed by atoms with Gasteiger partial charge in [-0.15, -0.1) is 0 Å². The number of alkyl carbamates (subject to hydrolysis) is 1. The van der Waals surface area contributed by atoms with E-state index in [0.29, 0.717) is 6.42 Å². The van der Waals surface area contributed by atoms with Crippen LogP contribution >= 0.6 is 0 Å². The largest absolute Gasteiger partial charge is 0.444 e. The highest BCUT2D eigenvalue weighted by Crippen LogP contribution is 2.12. The van der Waals surface area contributed by atoms with E-state index in [1.54, 1.807) is 20.8 Å². The fraction of sp³-hybridized carbons (Fsp3) is 0.529. The maximum Gasteiger partial charge on any atom is 0.408 e. The van der Waals surface area contributed by atoms with Gasteiger partial charge in [0.2, 0.25) is 0 Å². The number of carbonyl (C=O) groups excluding carboxylic acids is 2. The molecular weight excluding hydrogens is 347 g/mol. The predicted molar refractivity (Wildman–Crippen MR) is 93.6 cm³/mol. The first-order chi connectivity index (χ1) is 11.5. The third-order valence-electron chi connectivity index (χ3n) is 2.94. The van der Waals surface area contributed by atoms with Crippen LogP contribution in [0.5, 0.6) is 0 Å². The summed E-state index contributed by atoms with van der Waals surface area (Å²) in [5.41, 5.74) is -0.709. The lowest BCUT2D eigenvalue weighted by Gasteiger charge is -2.24. The molecule has 2 amide bonds. The molecule has 2 N–H and O–H groups in total. The lowest BCUT2D eigenvalue weighted by atomic mass is 10.0. The second-order valence-electron chi connectivity index (χ2n) is 6.99. The van der Waals surface area contributed by atoms with Gasteiger partial charge in [0.25, 0.3) is 5.91 Å². The Morgan fingerprint density at radius 2 is 1.84 bits per heavy atom. The highest BCUT2D eigenvalue weighted by molar-refractivity contribution is 7.83. The molecule has 0 aliphatic heterocycles. The molecule has 0 saturated carbocycles. The Hall–Kier alpha value is -1.96. The van der Waals surface area contributed by atoms with Gasteiger partial charge in [0.15, 0.2) is 11.0 Å². The quantitative estimate of drug-likeness (QED) is 0.804. The van der Waals surface area contributed by atoms with Crippen LogP contribution in [-0.2, 0) is 20.5 Å². The topological polar surface area (TPSA) is 84.5 Å². The van der Waals surface area contributed by atoms with E-state index in [4.69, 9.17) is 4.74 Å². The number of hydrogen-bond acceptors (Lipinski definition) is 4. The summed E-state index contributed by atoms with van der Waals surface area (Å²) in [5.74, 6) is -1.25. The minimum atomic E-state index is -2.06. The Kier molecular flexibility index (Phi) is 7.54. The minimum absolute atomic E-state index is 0.0904. The molecule has 0 saturated heterocycles. The van der Waals surface area contributed by atoms with E-state index in [9.17, 15) is 18.2 Å². The number of amides is 2. The smallest absolute Gasteiger partial charge is 0.408 e. The Bertz CT molecular complexity index is 644. The summed E-state index contributed by atoms with van der Waals surface area (Å²) in [6.07, 6.45) is -0.426. The standard InChI is InChI=1S/C17H25FN2O4S/c1-11(2)10-13(19-16(22)24-17(3,4)5)15(21)20-25(23)14-9-7-6-8-12(14)18/h6-9,11,13H,10H2,1-5H3,(H,19,22)(H,20,21). The third-order valence-corrected chi connectivity index (χ3v) is 4.06. The molecule has 1 rings (SSSR count). The van der Waals surface area contributed by atoms with Gasteiger partial charge in [-0.05, 0) is 45.2 Å². The molecule has 0 spiro atoms. The van der Waals surface area contributed by atoms with Crippen LogP contribution < -0.4 is 10.0 Å². The summed E-state index contributed by atoms with van der Waals surface area (Å²) in [5, 5.41) is 2.47. The maximum atomic E-state index is 13.7. The van der Waals surface area contributed by atoms with Gasteiger partial charge in [0.1, 0.15) is 17.5 Å². The van der Waals surface area contributed by atoms with E-state index in [0.717, 1.165) is 6.07 Å². The zero-order valence-corrected chi connectivity index (χ0v) is 15.9. The van der Waals surface area contributed by atoms with E-state index in [1.165, 1.54) is 18.2 Å². The Morgan fingerprint density at radius 3 is 2.36 bits per heavy atom. The molecule has 0 aliphatic rings. The van der Waals surface area contributed by atoms with Crippen LogP contribution in [0.3, 0.4) is 0 Å². The van der Waals surface area contributed by atoms with Crippen LogP contribution in [0.4, 0.5) is 9.18 Å². The van der Waals surface area contributed by atoms with Crippen molar-refractivity contribution in [2.75, 3.05) is 0 Å². The van der Waals surface area contributed by atoms with Gasteiger partial charge in [0, 0.05) is 0 Å². The molecule has 1 aromatic carbocycles.